The molecule has 1 N–H and O–H groups in total. The van der Waals surface area contributed by atoms with Gasteiger partial charge in [-0.25, -0.2) is 0 Å². The van der Waals surface area contributed by atoms with Gasteiger partial charge in [0.1, 0.15) is 5.58 Å². The minimum absolute atomic E-state index is 0.200. The van der Waals surface area contributed by atoms with Gasteiger partial charge in [0.15, 0.2) is 5.76 Å². The molecule has 1 heterocycles. The van der Waals surface area contributed by atoms with E-state index in [-0.39, 0.29) is 11.5 Å². The second-order valence-electron chi connectivity index (χ2n) is 4.73. The van der Waals surface area contributed by atoms with Crippen LogP contribution in [-0.2, 0) is 0 Å². The van der Waals surface area contributed by atoms with Crippen LogP contribution in [0.15, 0.2) is 63.8 Å². The topological polar surface area (TPSA) is 50.4 Å². The highest BCUT2D eigenvalue weighted by Crippen LogP contribution is 2.30. The highest BCUT2D eigenvalue weighted by atomic mass is 16.4. The van der Waals surface area contributed by atoms with E-state index in [2.05, 4.69) is 0 Å². The van der Waals surface area contributed by atoms with E-state index in [1.807, 2.05) is 43.3 Å². The molecule has 0 saturated heterocycles. The number of fused-ring (bicyclic) bond motifs is 1. The summed E-state index contributed by atoms with van der Waals surface area (Å²) in [6.45, 7) is 1.95. The van der Waals surface area contributed by atoms with Crippen molar-refractivity contribution in [2.45, 2.75) is 6.92 Å². The first-order chi connectivity index (χ1) is 10.2. The fourth-order valence-corrected chi connectivity index (χ4v) is 2.27. The Bertz CT molecular complexity index is 871. The number of hydrogen-bond acceptors (Lipinski definition) is 3. The molecule has 2 aromatic carbocycles. The molecule has 3 rings (SSSR count). The van der Waals surface area contributed by atoms with Crippen molar-refractivity contribution in [2.75, 3.05) is 0 Å². The van der Waals surface area contributed by atoms with Gasteiger partial charge in [-0.05, 0) is 24.6 Å². The largest absolute Gasteiger partial charge is 0.502 e. The summed E-state index contributed by atoms with van der Waals surface area (Å²) in [6.07, 6.45) is 3.92. The summed E-state index contributed by atoms with van der Waals surface area (Å²) in [6, 6.07) is 14.3. The number of rotatable bonds is 2. The molecule has 0 spiro atoms. The molecule has 104 valence electrons. The third-order valence-corrected chi connectivity index (χ3v) is 3.31. The molecule has 0 aliphatic rings. The molecule has 0 unspecified atom stereocenters. The highest BCUT2D eigenvalue weighted by molar-refractivity contribution is 5.81. The monoisotopic (exact) mass is 278 g/mol. The molecule has 0 aliphatic carbocycles. The second-order valence-corrected chi connectivity index (χ2v) is 4.73. The van der Waals surface area contributed by atoms with Crippen LogP contribution in [0.4, 0.5) is 0 Å². The van der Waals surface area contributed by atoms with Crippen molar-refractivity contribution in [2.24, 2.45) is 0 Å². The van der Waals surface area contributed by atoms with Crippen molar-refractivity contribution in [1.82, 2.24) is 0 Å². The summed E-state index contributed by atoms with van der Waals surface area (Å²) in [5.41, 5.74) is 1.77. The minimum atomic E-state index is -0.413. The molecule has 0 fully saturated rings. The van der Waals surface area contributed by atoms with Gasteiger partial charge in [0.25, 0.3) is 0 Å². The molecular formula is C18H14O3. The number of aromatic hydroxyl groups is 1. The van der Waals surface area contributed by atoms with Crippen molar-refractivity contribution in [3.63, 3.8) is 0 Å². The Morgan fingerprint density at radius 1 is 1.05 bits per heavy atom. The summed E-state index contributed by atoms with van der Waals surface area (Å²) in [5.74, 6) is -0.154. The predicted molar refractivity (Wildman–Crippen MR) is 84.3 cm³/mol. The van der Waals surface area contributed by atoms with Gasteiger partial charge in [-0.2, -0.15) is 0 Å². The zero-order valence-corrected chi connectivity index (χ0v) is 11.5. The van der Waals surface area contributed by atoms with Crippen molar-refractivity contribution in [1.29, 1.82) is 0 Å². The molecule has 3 aromatic rings. The van der Waals surface area contributed by atoms with Crippen molar-refractivity contribution in [3.8, 4) is 17.1 Å². The molecule has 0 saturated carbocycles. The van der Waals surface area contributed by atoms with Gasteiger partial charge < -0.3 is 9.52 Å². The van der Waals surface area contributed by atoms with Gasteiger partial charge in [-0.3, -0.25) is 4.79 Å². The summed E-state index contributed by atoms with van der Waals surface area (Å²) in [4.78, 5) is 12.2. The second kappa shape index (κ2) is 5.29. The molecule has 0 bridgehead atoms. The van der Waals surface area contributed by atoms with E-state index in [1.54, 1.807) is 24.3 Å². The molecule has 3 nitrogen and oxygen atoms in total. The molecule has 0 aliphatic heterocycles. The third-order valence-electron chi connectivity index (χ3n) is 3.31. The lowest BCUT2D eigenvalue weighted by atomic mass is 10.1. The van der Waals surface area contributed by atoms with Crippen LogP contribution < -0.4 is 5.43 Å². The molecule has 1 aromatic heterocycles. The maximum atomic E-state index is 12.2. The summed E-state index contributed by atoms with van der Waals surface area (Å²) >= 11 is 0. The van der Waals surface area contributed by atoms with Crippen LogP contribution in [-0.4, -0.2) is 5.11 Å². The first-order valence-corrected chi connectivity index (χ1v) is 6.68. The van der Waals surface area contributed by atoms with Crippen LogP contribution in [0.2, 0.25) is 0 Å². The van der Waals surface area contributed by atoms with Gasteiger partial charge in [-0.1, -0.05) is 48.6 Å². The van der Waals surface area contributed by atoms with Gasteiger partial charge in [0, 0.05) is 5.56 Å². The maximum absolute atomic E-state index is 12.2. The van der Waals surface area contributed by atoms with Crippen LogP contribution in [0.5, 0.6) is 5.75 Å². The van der Waals surface area contributed by atoms with E-state index in [4.69, 9.17) is 4.42 Å². The maximum Gasteiger partial charge on any atom is 0.235 e. The fourth-order valence-electron chi connectivity index (χ4n) is 2.27. The predicted octanol–water partition coefficient (Wildman–Crippen LogP) is 4.20. The van der Waals surface area contributed by atoms with E-state index in [1.165, 1.54) is 0 Å². The average Bonchev–Trinajstić information content (AvgIpc) is 2.52. The average molecular weight is 278 g/mol. The van der Waals surface area contributed by atoms with Crippen LogP contribution in [0, 0.1) is 0 Å². The lowest BCUT2D eigenvalue weighted by molar-refractivity contribution is 0.449. The third kappa shape index (κ3) is 2.34. The molecule has 0 atom stereocenters. The van der Waals surface area contributed by atoms with Gasteiger partial charge in [-0.15, -0.1) is 0 Å². The Morgan fingerprint density at radius 2 is 1.76 bits per heavy atom. The first kappa shape index (κ1) is 13.2. The van der Waals surface area contributed by atoms with Gasteiger partial charge >= 0.3 is 0 Å². The van der Waals surface area contributed by atoms with Crippen LogP contribution in [0.25, 0.3) is 28.4 Å². The minimum Gasteiger partial charge on any atom is -0.502 e. The van der Waals surface area contributed by atoms with E-state index < -0.39 is 5.43 Å². The molecule has 21 heavy (non-hydrogen) atoms. The number of allylic oxidation sites excluding steroid dienone is 1. The lowest BCUT2D eigenvalue weighted by Crippen LogP contribution is -2.02. The van der Waals surface area contributed by atoms with E-state index in [0.717, 1.165) is 5.56 Å². The smallest absolute Gasteiger partial charge is 0.235 e. The van der Waals surface area contributed by atoms with Crippen LogP contribution in [0.3, 0.4) is 0 Å². The Balaban J connectivity index is 2.20. The summed E-state index contributed by atoms with van der Waals surface area (Å²) in [5, 5.41) is 10.5. The lowest BCUT2D eigenvalue weighted by Gasteiger charge is -2.06. The van der Waals surface area contributed by atoms with E-state index in [9.17, 15) is 9.90 Å². The number of hydrogen-bond donors (Lipinski definition) is 1. The van der Waals surface area contributed by atoms with Gasteiger partial charge in [0.2, 0.25) is 11.2 Å². The normalized spacial score (nSPS) is 11.3. The molecule has 3 heteroatoms. The van der Waals surface area contributed by atoms with E-state index >= 15 is 0 Å². The van der Waals surface area contributed by atoms with E-state index in [0.29, 0.717) is 16.5 Å². The molecular weight excluding hydrogens is 264 g/mol. The quantitative estimate of drug-likeness (QED) is 0.764. The highest BCUT2D eigenvalue weighted by Gasteiger charge is 2.14. The molecule has 0 amide bonds. The van der Waals surface area contributed by atoms with Crippen LogP contribution >= 0.6 is 0 Å². The SMILES string of the molecule is C/C=C/c1ccc(-c2oc3ccccc3c(=O)c2O)cc1. The number of para-hydroxylation sites is 1. The van der Waals surface area contributed by atoms with Crippen LogP contribution in [0.1, 0.15) is 12.5 Å². The molecule has 0 radical (unpaired) electrons. The summed E-state index contributed by atoms with van der Waals surface area (Å²) in [7, 11) is 0. The standard InChI is InChI=1S/C18H14O3/c1-2-5-12-8-10-13(11-9-12)18-17(20)16(19)14-6-3-4-7-15(14)21-18/h2-11,20H,1H3/b5-2+. The van der Waals surface area contributed by atoms with Crippen molar-refractivity contribution >= 4 is 17.0 Å². The summed E-state index contributed by atoms with van der Waals surface area (Å²) < 4.78 is 5.69. The van der Waals surface area contributed by atoms with Gasteiger partial charge in [0.05, 0.1) is 5.39 Å². The zero-order chi connectivity index (χ0) is 14.8. The Hall–Kier alpha value is -2.81. The zero-order valence-electron chi connectivity index (χ0n) is 11.5. The fraction of sp³-hybridized carbons (Fsp3) is 0.0556. The first-order valence-electron chi connectivity index (χ1n) is 6.68. The Kier molecular flexibility index (Phi) is 3.32. The van der Waals surface area contributed by atoms with Crippen molar-refractivity contribution in [3.05, 3.63) is 70.4 Å². The Morgan fingerprint density at radius 3 is 2.48 bits per heavy atom. The van der Waals surface area contributed by atoms with Crippen molar-refractivity contribution < 1.29 is 9.52 Å². The Labute approximate surface area is 121 Å². The number of benzene rings is 2.